The third kappa shape index (κ3) is 48.6. The van der Waals surface area contributed by atoms with E-state index >= 15 is 0 Å². The van der Waals surface area contributed by atoms with E-state index in [0.717, 1.165) is 96.3 Å². The molecule has 0 saturated carbocycles. The number of ether oxygens (including phenoxy) is 3. The van der Waals surface area contributed by atoms with E-state index < -0.39 is 12.1 Å². The number of unbranched alkanes of at least 4 members (excludes halogenated alkanes) is 10. The van der Waals surface area contributed by atoms with Crippen molar-refractivity contribution in [2.75, 3.05) is 13.2 Å². The lowest BCUT2D eigenvalue weighted by molar-refractivity contribution is -0.166. The highest BCUT2D eigenvalue weighted by molar-refractivity contribution is 5.71. The van der Waals surface area contributed by atoms with E-state index in [1.54, 1.807) is 0 Å². The molecule has 0 aromatic carbocycles. The van der Waals surface area contributed by atoms with Gasteiger partial charge in [-0.2, -0.15) is 0 Å². The van der Waals surface area contributed by atoms with Crippen LogP contribution in [0.15, 0.2) is 134 Å². The number of rotatable bonds is 43. The van der Waals surface area contributed by atoms with E-state index in [1.165, 1.54) is 44.9 Å². The molecule has 6 heteroatoms. The summed E-state index contributed by atoms with van der Waals surface area (Å²) in [6, 6.07) is 0. The second-order valence-electron chi connectivity index (χ2n) is 16.0. The van der Waals surface area contributed by atoms with Gasteiger partial charge in [-0.3, -0.25) is 14.4 Å². The van der Waals surface area contributed by atoms with Gasteiger partial charge in [-0.1, -0.05) is 212 Å². The van der Waals surface area contributed by atoms with E-state index in [4.69, 9.17) is 14.2 Å². The summed E-state index contributed by atoms with van der Waals surface area (Å²) in [6.07, 6.45) is 71.7. The van der Waals surface area contributed by atoms with Crippen LogP contribution in [0.25, 0.3) is 0 Å². The fraction of sp³-hybridized carbons (Fsp3) is 0.569. The summed E-state index contributed by atoms with van der Waals surface area (Å²) in [5, 5.41) is 0. The Bertz CT molecular complexity index is 1430. The predicted octanol–water partition coefficient (Wildman–Crippen LogP) is 16.7. The number of hydrogen-bond donors (Lipinski definition) is 0. The maximum atomic E-state index is 12.8. The van der Waals surface area contributed by atoms with Gasteiger partial charge in [0, 0.05) is 19.3 Å². The zero-order chi connectivity index (χ0) is 46.5. The Balaban J connectivity index is 4.59. The van der Waals surface area contributed by atoms with Gasteiger partial charge in [0.15, 0.2) is 6.10 Å². The molecule has 6 nitrogen and oxygen atoms in total. The van der Waals surface area contributed by atoms with Gasteiger partial charge in [0.05, 0.1) is 0 Å². The largest absolute Gasteiger partial charge is 0.462 e. The van der Waals surface area contributed by atoms with Gasteiger partial charge in [0.2, 0.25) is 0 Å². The van der Waals surface area contributed by atoms with Crippen LogP contribution in [0, 0.1) is 0 Å². The summed E-state index contributed by atoms with van der Waals surface area (Å²) in [5.74, 6) is -1.09. The lowest BCUT2D eigenvalue weighted by Crippen LogP contribution is -2.30. The second kappa shape index (κ2) is 51.2. The molecule has 358 valence electrons. The standard InChI is InChI=1S/C58H90O6/c1-4-7-10-13-16-19-22-24-26-28-29-31-32-34-36-39-42-45-48-51-57(60)63-54-55(53-62-56(59)50-47-44-41-38-21-18-15-12-9-6-3)64-58(61)52-49-46-43-40-37-35-33-30-27-25-23-20-17-14-11-8-5-2/h7-8,10-11,16-17,19-20,24-27,29,31,33-36,40,42-43,45,55H,4-6,9,12-15,18,21-23,28,30,32,37-39,41,44,46-54H2,1-3H3/b10-7-,11-8-,19-16-,20-17-,26-24-,27-25-,31-29-,35-33-,36-34-,43-40-,45-42-/t55-/m1/s1. The summed E-state index contributed by atoms with van der Waals surface area (Å²) >= 11 is 0. The summed E-state index contributed by atoms with van der Waals surface area (Å²) in [4.78, 5) is 37.9. The molecule has 0 amide bonds. The average Bonchev–Trinajstić information content (AvgIpc) is 3.29. The van der Waals surface area contributed by atoms with Crippen molar-refractivity contribution < 1.29 is 28.6 Å². The maximum absolute atomic E-state index is 12.8. The molecule has 1 atom stereocenters. The van der Waals surface area contributed by atoms with Gasteiger partial charge in [-0.25, -0.2) is 0 Å². The minimum absolute atomic E-state index is 0.127. The molecule has 0 spiro atoms. The SMILES string of the molecule is CC/C=C\C/C=C\C/C=C\C/C=C\C/C=C\C/C=C\CCC(=O)OC[C@@H](COC(=O)CCCCCCCCCCCC)OC(=O)CCC/C=C\C/C=C\C/C=C\C/C=C\C/C=C\CC. The van der Waals surface area contributed by atoms with Gasteiger partial charge < -0.3 is 14.2 Å². The highest BCUT2D eigenvalue weighted by Crippen LogP contribution is 2.12. The molecule has 0 aromatic rings. The van der Waals surface area contributed by atoms with E-state index in [9.17, 15) is 14.4 Å². The van der Waals surface area contributed by atoms with E-state index in [-0.39, 0.29) is 38.0 Å². The van der Waals surface area contributed by atoms with Crippen LogP contribution in [0.1, 0.15) is 194 Å². The summed E-state index contributed by atoms with van der Waals surface area (Å²) in [6.45, 7) is 6.26. The molecule has 0 fully saturated rings. The Morgan fingerprint density at radius 1 is 0.328 bits per heavy atom. The van der Waals surface area contributed by atoms with Crippen molar-refractivity contribution in [1.29, 1.82) is 0 Å². The van der Waals surface area contributed by atoms with Crippen LogP contribution in [0.3, 0.4) is 0 Å². The first-order chi connectivity index (χ1) is 31.5. The average molecular weight is 883 g/mol. The van der Waals surface area contributed by atoms with Gasteiger partial charge >= 0.3 is 17.9 Å². The zero-order valence-electron chi connectivity index (χ0n) is 40.7. The molecule has 0 N–H and O–H groups in total. The Hall–Kier alpha value is -4.45. The Kier molecular flexibility index (Phi) is 47.6. The van der Waals surface area contributed by atoms with Crippen LogP contribution >= 0.6 is 0 Å². The van der Waals surface area contributed by atoms with Crippen molar-refractivity contribution in [3.8, 4) is 0 Å². The zero-order valence-corrected chi connectivity index (χ0v) is 40.7. The number of hydrogen-bond acceptors (Lipinski definition) is 6. The lowest BCUT2D eigenvalue weighted by atomic mass is 10.1. The molecule has 0 unspecified atom stereocenters. The van der Waals surface area contributed by atoms with Gasteiger partial charge in [-0.15, -0.1) is 0 Å². The Morgan fingerprint density at radius 2 is 0.641 bits per heavy atom. The number of carbonyl (C=O) groups excluding carboxylic acids is 3. The van der Waals surface area contributed by atoms with Crippen molar-refractivity contribution in [1.82, 2.24) is 0 Å². The van der Waals surface area contributed by atoms with Crippen molar-refractivity contribution in [2.24, 2.45) is 0 Å². The fourth-order valence-corrected chi connectivity index (χ4v) is 6.21. The topological polar surface area (TPSA) is 78.9 Å². The monoisotopic (exact) mass is 883 g/mol. The van der Waals surface area contributed by atoms with Crippen molar-refractivity contribution >= 4 is 17.9 Å². The Morgan fingerprint density at radius 3 is 1.03 bits per heavy atom. The number of allylic oxidation sites excluding steroid dienone is 22. The first-order valence-corrected chi connectivity index (χ1v) is 25.2. The third-order valence-corrected chi connectivity index (χ3v) is 9.91. The van der Waals surface area contributed by atoms with E-state index in [2.05, 4.69) is 142 Å². The summed E-state index contributed by atoms with van der Waals surface area (Å²) in [5.41, 5.74) is 0. The summed E-state index contributed by atoms with van der Waals surface area (Å²) < 4.78 is 16.6. The van der Waals surface area contributed by atoms with Crippen molar-refractivity contribution in [3.05, 3.63) is 134 Å². The maximum Gasteiger partial charge on any atom is 0.306 e. The fourth-order valence-electron chi connectivity index (χ4n) is 6.21. The van der Waals surface area contributed by atoms with Crippen LogP contribution in [0.4, 0.5) is 0 Å². The molecule has 64 heavy (non-hydrogen) atoms. The quantitative estimate of drug-likeness (QED) is 0.0263. The molecule has 0 aliphatic heterocycles. The van der Waals surface area contributed by atoms with Crippen molar-refractivity contribution in [2.45, 2.75) is 200 Å². The molecule has 0 aliphatic carbocycles. The Labute approximate surface area is 392 Å². The molecule has 0 bridgehead atoms. The second-order valence-corrected chi connectivity index (χ2v) is 16.0. The highest BCUT2D eigenvalue weighted by atomic mass is 16.6. The van der Waals surface area contributed by atoms with Crippen LogP contribution in [0.2, 0.25) is 0 Å². The molecule has 0 saturated heterocycles. The van der Waals surface area contributed by atoms with Gasteiger partial charge in [0.25, 0.3) is 0 Å². The number of esters is 3. The molecule has 0 radical (unpaired) electrons. The molecule has 0 aromatic heterocycles. The van der Waals surface area contributed by atoms with Gasteiger partial charge in [-0.05, 0) is 96.3 Å². The third-order valence-electron chi connectivity index (χ3n) is 9.91. The smallest absolute Gasteiger partial charge is 0.306 e. The normalized spacial score (nSPS) is 13.2. The molecule has 0 aliphatic rings. The molecule has 0 rings (SSSR count). The minimum Gasteiger partial charge on any atom is -0.462 e. The van der Waals surface area contributed by atoms with Crippen LogP contribution < -0.4 is 0 Å². The van der Waals surface area contributed by atoms with Gasteiger partial charge in [0.1, 0.15) is 13.2 Å². The van der Waals surface area contributed by atoms with Crippen LogP contribution in [-0.4, -0.2) is 37.2 Å². The summed E-state index contributed by atoms with van der Waals surface area (Å²) in [7, 11) is 0. The lowest BCUT2D eigenvalue weighted by Gasteiger charge is -2.18. The first-order valence-electron chi connectivity index (χ1n) is 25.2. The van der Waals surface area contributed by atoms with Crippen molar-refractivity contribution in [3.63, 3.8) is 0 Å². The first kappa shape index (κ1) is 59.5. The number of carbonyl (C=O) groups is 3. The van der Waals surface area contributed by atoms with E-state index in [0.29, 0.717) is 19.3 Å². The molecular formula is C58H90O6. The minimum atomic E-state index is -0.840. The molecule has 0 heterocycles. The van der Waals surface area contributed by atoms with Crippen LogP contribution in [0.5, 0.6) is 0 Å². The van der Waals surface area contributed by atoms with Crippen LogP contribution in [-0.2, 0) is 28.6 Å². The predicted molar refractivity (Wildman–Crippen MR) is 274 cm³/mol. The van der Waals surface area contributed by atoms with E-state index in [1.807, 2.05) is 12.2 Å². The highest BCUT2D eigenvalue weighted by Gasteiger charge is 2.19. The molecular weight excluding hydrogens is 793 g/mol.